The van der Waals surface area contributed by atoms with E-state index in [1.165, 1.54) is 0 Å². The van der Waals surface area contributed by atoms with Crippen LogP contribution in [0, 0.1) is 0 Å². The Kier molecular flexibility index (Phi) is 0.381. The van der Waals surface area contributed by atoms with Crippen LogP contribution in [0.15, 0.2) is 4.99 Å². The second kappa shape index (κ2) is 0.708. The zero-order valence-electron chi connectivity index (χ0n) is 3.06. The van der Waals surface area contributed by atoms with E-state index < -0.39 is 0 Å². The molecule has 2 heteroatoms. The fourth-order valence-electron chi connectivity index (χ4n) is 0.161. The molecule has 0 aromatic rings. The van der Waals surface area contributed by atoms with Crippen molar-refractivity contribution >= 4 is 5.90 Å². The van der Waals surface area contributed by atoms with E-state index in [4.69, 9.17) is 0 Å². The summed E-state index contributed by atoms with van der Waals surface area (Å²) in [7, 11) is 1.63. The van der Waals surface area contributed by atoms with Gasteiger partial charge >= 0.3 is 0 Å². The van der Waals surface area contributed by atoms with Crippen molar-refractivity contribution in [3.63, 3.8) is 0 Å². The van der Waals surface area contributed by atoms with Crippen molar-refractivity contribution in [2.24, 2.45) is 4.99 Å². The van der Waals surface area contributed by atoms with Crippen LogP contribution in [0.5, 0.6) is 0 Å². The lowest BCUT2D eigenvalue weighted by molar-refractivity contribution is 0.415. The average Bonchev–Trinajstić information content (AvgIpc) is 2.12. The van der Waals surface area contributed by atoms with Crippen molar-refractivity contribution in [2.75, 3.05) is 13.7 Å². The zero-order valence-corrected chi connectivity index (χ0v) is 3.06. The standard InChI is InChI=1S/C3H5NO/c1-5-3-2-4-3/h2H2,1H3. The van der Waals surface area contributed by atoms with Crippen molar-refractivity contribution in [3.05, 3.63) is 0 Å². The van der Waals surface area contributed by atoms with Crippen LogP contribution in [0.1, 0.15) is 0 Å². The molecule has 1 aliphatic rings. The molecule has 2 nitrogen and oxygen atoms in total. The van der Waals surface area contributed by atoms with E-state index in [1.54, 1.807) is 7.11 Å². The molecule has 1 heterocycles. The molecule has 0 atom stereocenters. The molecule has 0 bridgehead atoms. The van der Waals surface area contributed by atoms with Gasteiger partial charge in [-0.2, -0.15) is 0 Å². The lowest BCUT2D eigenvalue weighted by Crippen LogP contribution is -1.81. The summed E-state index contributed by atoms with van der Waals surface area (Å²) in [5.74, 6) is 0.880. The van der Waals surface area contributed by atoms with E-state index >= 15 is 0 Å². The third kappa shape index (κ3) is 0.375. The minimum Gasteiger partial charge on any atom is -0.483 e. The fraction of sp³-hybridized carbons (Fsp3) is 0.667. The van der Waals surface area contributed by atoms with E-state index in [-0.39, 0.29) is 0 Å². The van der Waals surface area contributed by atoms with Crippen molar-refractivity contribution in [2.45, 2.75) is 0 Å². The van der Waals surface area contributed by atoms with Gasteiger partial charge in [0.05, 0.1) is 7.11 Å². The molecule has 28 valence electrons. The Hall–Kier alpha value is -0.530. The van der Waals surface area contributed by atoms with Crippen LogP contribution >= 0.6 is 0 Å². The second-order valence-corrected chi connectivity index (χ2v) is 0.914. The number of methoxy groups -OCH3 is 1. The highest BCUT2D eigenvalue weighted by molar-refractivity contribution is 5.89. The summed E-state index contributed by atoms with van der Waals surface area (Å²) in [5, 5.41) is 0. The monoisotopic (exact) mass is 71.0 g/mol. The van der Waals surface area contributed by atoms with Gasteiger partial charge in [0.25, 0.3) is 0 Å². The Morgan fingerprint density at radius 1 is 2.00 bits per heavy atom. The van der Waals surface area contributed by atoms with Crippen LogP contribution in [0.3, 0.4) is 0 Å². The van der Waals surface area contributed by atoms with E-state index in [2.05, 4.69) is 9.73 Å². The first-order valence-corrected chi connectivity index (χ1v) is 1.51. The Morgan fingerprint density at radius 2 is 2.60 bits per heavy atom. The highest BCUT2D eigenvalue weighted by atomic mass is 16.5. The first-order chi connectivity index (χ1) is 2.43. The van der Waals surface area contributed by atoms with E-state index in [0.29, 0.717) is 0 Å². The highest BCUT2D eigenvalue weighted by Crippen LogP contribution is 1.93. The molecule has 0 saturated carbocycles. The summed E-state index contributed by atoms with van der Waals surface area (Å²) in [6, 6.07) is 0. The average molecular weight is 71.1 g/mol. The molecule has 0 radical (unpaired) electrons. The molecule has 1 aliphatic heterocycles. The molecule has 0 unspecified atom stereocenters. The number of hydrogen-bond donors (Lipinski definition) is 0. The Balaban J connectivity index is 2.22. The molecule has 0 spiro atoms. The lowest BCUT2D eigenvalue weighted by Gasteiger charge is -1.75. The van der Waals surface area contributed by atoms with Gasteiger partial charge in [0.2, 0.25) is 5.90 Å². The predicted molar refractivity (Wildman–Crippen MR) is 19.3 cm³/mol. The number of ether oxygens (including phenoxy) is 1. The number of nitrogens with zero attached hydrogens (tertiary/aromatic N) is 1. The van der Waals surface area contributed by atoms with Gasteiger partial charge in [-0.25, -0.2) is 4.99 Å². The van der Waals surface area contributed by atoms with Gasteiger partial charge in [-0.3, -0.25) is 0 Å². The van der Waals surface area contributed by atoms with Crippen LogP contribution in [-0.2, 0) is 4.74 Å². The topological polar surface area (TPSA) is 21.6 Å². The van der Waals surface area contributed by atoms with Crippen molar-refractivity contribution in [3.8, 4) is 0 Å². The van der Waals surface area contributed by atoms with Gasteiger partial charge in [0.15, 0.2) is 0 Å². The zero-order chi connectivity index (χ0) is 3.70. The summed E-state index contributed by atoms with van der Waals surface area (Å²) >= 11 is 0. The van der Waals surface area contributed by atoms with Gasteiger partial charge in [0.1, 0.15) is 6.54 Å². The predicted octanol–water partition coefficient (Wildman–Crippen LogP) is 0.0449. The summed E-state index contributed by atoms with van der Waals surface area (Å²) in [4.78, 5) is 3.72. The van der Waals surface area contributed by atoms with E-state index in [0.717, 1.165) is 12.4 Å². The Labute approximate surface area is 30.5 Å². The van der Waals surface area contributed by atoms with Gasteiger partial charge in [-0.15, -0.1) is 0 Å². The fourth-order valence-corrected chi connectivity index (χ4v) is 0.161. The minimum atomic E-state index is 0.830. The van der Waals surface area contributed by atoms with Gasteiger partial charge in [0, 0.05) is 0 Å². The largest absolute Gasteiger partial charge is 0.483 e. The van der Waals surface area contributed by atoms with Crippen molar-refractivity contribution in [1.82, 2.24) is 0 Å². The summed E-state index contributed by atoms with van der Waals surface area (Å²) in [5.41, 5.74) is 0. The molecule has 0 N–H and O–H groups in total. The second-order valence-electron chi connectivity index (χ2n) is 0.914. The van der Waals surface area contributed by atoms with E-state index in [9.17, 15) is 0 Å². The maximum Gasteiger partial charge on any atom is 0.205 e. The quantitative estimate of drug-likeness (QED) is 0.395. The smallest absolute Gasteiger partial charge is 0.205 e. The normalized spacial score (nSPS) is 17.4. The highest BCUT2D eigenvalue weighted by Gasteiger charge is 2.06. The third-order valence-corrected chi connectivity index (χ3v) is 0.523. The molecule has 0 saturated heterocycles. The van der Waals surface area contributed by atoms with Crippen LogP contribution in [-0.4, -0.2) is 19.6 Å². The maximum atomic E-state index is 4.61. The molecule has 0 fully saturated rings. The Bertz CT molecular complexity index is 67.3. The molecular weight excluding hydrogens is 66.0 g/mol. The Morgan fingerprint density at radius 3 is 2.60 bits per heavy atom. The van der Waals surface area contributed by atoms with Gasteiger partial charge in [-0.05, 0) is 0 Å². The minimum absolute atomic E-state index is 0.830. The van der Waals surface area contributed by atoms with Crippen LogP contribution in [0.2, 0.25) is 0 Å². The van der Waals surface area contributed by atoms with Crippen molar-refractivity contribution in [1.29, 1.82) is 0 Å². The molecular formula is C3H5NO. The van der Waals surface area contributed by atoms with Crippen molar-refractivity contribution < 1.29 is 4.74 Å². The van der Waals surface area contributed by atoms with E-state index in [1.807, 2.05) is 0 Å². The van der Waals surface area contributed by atoms with Crippen LogP contribution < -0.4 is 0 Å². The number of aliphatic imine (C=N–C) groups is 1. The molecule has 0 aromatic carbocycles. The molecule has 0 aromatic heterocycles. The van der Waals surface area contributed by atoms with Crippen LogP contribution in [0.25, 0.3) is 0 Å². The first kappa shape index (κ1) is 2.69. The van der Waals surface area contributed by atoms with Crippen LogP contribution in [0.4, 0.5) is 0 Å². The molecule has 5 heavy (non-hydrogen) atoms. The number of hydrogen-bond acceptors (Lipinski definition) is 2. The summed E-state index contributed by atoms with van der Waals surface area (Å²) in [6.07, 6.45) is 0. The summed E-state index contributed by atoms with van der Waals surface area (Å²) in [6.45, 7) is 0.830. The third-order valence-electron chi connectivity index (χ3n) is 0.523. The molecule has 1 rings (SSSR count). The summed E-state index contributed by atoms with van der Waals surface area (Å²) < 4.78 is 4.61. The number of rotatable bonds is 0. The van der Waals surface area contributed by atoms with Gasteiger partial charge in [-0.1, -0.05) is 0 Å². The maximum absolute atomic E-state index is 4.61. The van der Waals surface area contributed by atoms with Gasteiger partial charge < -0.3 is 4.74 Å². The SMILES string of the molecule is COC1=NC1. The lowest BCUT2D eigenvalue weighted by atomic mass is 10.9. The molecule has 0 aliphatic carbocycles. The molecule has 0 amide bonds. The first-order valence-electron chi connectivity index (χ1n) is 1.51.